The predicted molar refractivity (Wildman–Crippen MR) is 311 cm³/mol. The molecule has 0 spiro atoms. The Morgan fingerprint density at radius 3 is 1.37 bits per heavy atom. The molecule has 0 rings (SSSR count). The van der Waals surface area contributed by atoms with E-state index < -0.39 is 32.5 Å². The standard InChI is InChI=1S/C63H107N2O7P/c1-7-10-13-16-19-22-25-27-29-31-32-34-36-38-41-44-47-50-53-56-63(67)72-61(54-51-48-45-42-39-24-21-18-15-12-9-3)60(59-71-73(68,69)70-58-57-65(4,5)6)64-62(66)55-52-49-46-43-40-37-35-33-30-28-26-23-20-17-14-11-8-2/h10,13,19-20,22-23,27-30,32,34-35,37-38,41,43,46,51,54,60-61H,7-9,11-12,14-18,21,24-26,31,33,36,39-40,42,44-45,47-50,52-53,55-59H2,1-6H3,(H-,64,66,68,69)/b13-10-,22-19-,23-20-,29-27-,30-28-,34-32-,37-35-,41-38-,46-43-,54-51+. The van der Waals surface area contributed by atoms with Crippen LogP contribution in [0.4, 0.5) is 0 Å². The molecule has 9 nitrogen and oxygen atoms in total. The lowest BCUT2D eigenvalue weighted by Gasteiger charge is -2.30. The average molecular weight is 1040 g/mol. The Bertz CT molecular complexity index is 1660. The van der Waals surface area contributed by atoms with Gasteiger partial charge in [-0.25, -0.2) is 0 Å². The summed E-state index contributed by atoms with van der Waals surface area (Å²) in [5.74, 6) is -0.656. The highest BCUT2D eigenvalue weighted by atomic mass is 31.2. The second kappa shape index (κ2) is 51.9. The van der Waals surface area contributed by atoms with Crippen molar-refractivity contribution in [2.24, 2.45) is 0 Å². The Hall–Kier alpha value is -3.59. The maximum Gasteiger partial charge on any atom is 0.306 e. The van der Waals surface area contributed by atoms with Crippen LogP contribution in [0, 0.1) is 0 Å². The number of unbranched alkanes of at least 4 members (excludes halogenated alkanes) is 16. The van der Waals surface area contributed by atoms with Crippen molar-refractivity contribution in [3.05, 3.63) is 122 Å². The van der Waals surface area contributed by atoms with Gasteiger partial charge < -0.3 is 28.5 Å². The van der Waals surface area contributed by atoms with Gasteiger partial charge in [-0.2, -0.15) is 0 Å². The minimum atomic E-state index is -4.72. The molecule has 0 bridgehead atoms. The van der Waals surface area contributed by atoms with Crippen LogP contribution in [0.1, 0.15) is 213 Å². The lowest BCUT2D eigenvalue weighted by molar-refractivity contribution is -0.870. The van der Waals surface area contributed by atoms with Gasteiger partial charge in [0.1, 0.15) is 19.3 Å². The number of ether oxygens (including phenoxy) is 1. The van der Waals surface area contributed by atoms with E-state index in [1.165, 1.54) is 64.2 Å². The molecule has 10 heteroatoms. The minimum absolute atomic E-state index is 0.0447. The fourth-order valence-electron chi connectivity index (χ4n) is 7.42. The van der Waals surface area contributed by atoms with Gasteiger partial charge in [0.25, 0.3) is 7.82 Å². The molecule has 0 saturated heterocycles. The number of amides is 1. The average Bonchev–Trinajstić information content (AvgIpc) is 3.35. The molecule has 3 atom stereocenters. The summed E-state index contributed by atoms with van der Waals surface area (Å²) in [5, 5.41) is 2.97. The van der Waals surface area contributed by atoms with E-state index in [1.807, 2.05) is 27.2 Å². The number of quaternary nitrogens is 1. The van der Waals surface area contributed by atoms with Crippen LogP contribution in [-0.2, 0) is 27.9 Å². The van der Waals surface area contributed by atoms with Gasteiger partial charge in [0.15, 0.2) is 0 Å². The van der Waals surface area contributed by atoms with Crippen molar-refractivity contribution < 1.29 is 37.3 Å². The lowest BCUT2D eigenvalue weighted by atomic mass is 10.1. The number of phosphoric ester groups is 1. The number of likely N-dealkylation sites (N-methyl/N-ethyl adjacent to an activating group) is 1. The van der Waals surface area contributed by atoms with E-state index in [9.17, 15) is 19.0 Å². The number of phosphoric acid groups is 1. The van der Waals surface area contributed by atoms with E-state index in [0.29, 0.717) is 23.9 Å². The number of nitrogens with zero attached hydrogens (tertiary/aromatic N) is 1. The molecular weight excluding hydrogens is 928 g/mol. The summed E-state index contributed by atoms with van der Waals surface area (Å²) in [6, 6.07) is -0.938. The largest absolute Gasteiger partial charge is 0.756 e. The van der Waals surface area contributed by atoms with E-state index in [1.54, 1.807) is 6.08 Å². The summed E-state index contributed by atoms with van der Waals surface area (Å²) in [6.45, 7) is 6.60. The number of allylic oxidation sites excluding steroid dienone is 19. The zero-order valence-electron chi connectivity index (χ0n) is 47.3. The Labute approximate surface area is 448 Å². The molecule has 1 amide bonds. The molecule has 0 aliphatic heterocycles. The molecule has 0 fully saturated rings. The highest BCUT2D eigenvalue weighted by Crippen LogP contribution is 2.38. The highest BCUT2D eigenvalue weighted by molar-refractivity contribution is 7.45. The first-order chi connectivity index (χ1) is 35.4. The van der Waals surface area contributed by atoms with Gasteiger partial charge in [-0.15, -0.1) is 0 Å². The second-order valence-corrected chi connectivity index (χ2v) is 21.5. The second-order valence-electron chi connectivity index (χ2n) is 20.1. The Balaban J connectivity index is 5.47. The molecule has 0 aliphatic rings. The summed E-state index contributed by atoms with van der Waals surface area (Å²) in [5.41, 5.74) is 0. The molecular formula is C63H107N2O7P. The van der Waals surface area contributed by atoms with Crippen LogP contribution in [0.2, 0.25) is 0 Å². The first kappa shape index (κ1) is 69.4. The number of hydrogen-bond donors (Lipinski definition) is 1. The van der Waals surface area contributed by atoms with Gasteiger partial charge in [-0.1, -0.05) is 207 Å². The number of nitrogens with one attached hydrogen (secondary N) is 1. The van der Waals surface area contributed by atoms with Crippen molar-refractivity contribution in [1.82, 2.24) is 5.32 Å². The van der Waals surface area contributed by atoms with Crippen molar-refractivity contribution >= 4 is 19.7 Å². The molecule has 0 aromatic carbocycles. The predicted octanol–water partition coefficient (Wildman–Crippen LogP) is 16.9. The van der Waals surface area contributed by atoms with Gasteiger partial charge in [-0.05, 0) is 115 Å². The molecule has 0 aliphatic carbocycles. The van der Waals surface area contributed by atoms with Crippen molar-refractivity contribution in [2.75, 3.05) is 40.9 Å². The van der Waals surface area contributed by atoms with Gasteiger partial charge in [0, 0.05) is 12.8 Å². The van der Waals surface area contributed by atoms with Crippen molar-refractivity contribution in [3.8, 4) is 0 Å². The van der Waals surface area contributed by atoms with Crippen LogP contribution < -0.4 is 10.2 Å². The van der Waals surface area contributed by atoms with Crippen molar-refractivity contribution in [3.63, 3.8) is 0 Å². The molecule has 416 valence electrons. The third kappa shape index (κ3) is 53.1. The number of hydrogen-bond acceptors (Lipinski definition) is 7. The van der Waals surface area contributed by atoms with Crippen LogP contribution >= 0.6 is 7.82 Å². The van der Waals surface area contributed by atoms with Crippen LogP contribution in [0.15, 0.2) is 122 Å². The maximum atomic E-state index is 13.5. The van der Waals surface area contributed by atoms with Gasteiger partial charge in [-0.3, -0.25) is 14.2 Å². The summed E-state index contributed by atoms with van der Waals surface area (Å²) in [7, 11) is 1.11. The van der Waals surface area contributed by atoms with E-state index in [-0.39, 0.29) is 25.4 Å². The third-order valence-corrected chi connectivity index (χ3v) is 12.8. The molecule has 3 unspecified atom stereocenters. The monoisotopic (exact) mass is 1030 g/mol. The first-order valence-electron chi connectivity index (χ1n) is 28.8. The van der Waals surface area contributed by atoms with E-state index in [0.717, 1.165) is 103 Å². The fourth-order valence-corrected chi connectivity index (χ4v) is 8.14. The Morgan fingerprint density at radius 2 is 0.890 bits per heavy atom. The highest BCUT2D eigenvalue weighted by Gasteiger charge is 2.27. The third-order valence-electron chi connectivity index (χ3n) is 11.9. The van der Waals surface area contributed by atoms with Crippen LogP contribution in [0.25, 0.3) is 0 Å². The molecule has 73 heavy (non-hydrogen) atoms. The normalized spacial score (nSPS) is 14.7. The van der Waals surface area contributed by atoms with Crippen molar-refractivity contribution in [1.29, 1.82) is 0 Å². The number of carbonyl (C=O) groups is 2. The van der Waals surface area contributed by atoms with E-state index in [4.69, 9.17) is 13.8 Å². The summed E-state index contributed by atoms with van der Waals surface area (Å²) in [6.07, 6.45) is 71.7. The number of esters is 1. The van der Waals surface area contributed by atoms with Gasteiger partial charge >= 0.3 is 5.97 Å². The number of carbonyl (C=O) groups excluding carboxylic acids is 2. The molecule has 0 heterocycles. The first-order valence-corrected chi connectivity index (χ1v) is 30.3. The summed E-state index contributed by atoms with van der Waals surface area (Å²) >= 11 is 0. The Morgan fingerprint density at radius 1 is 0.493 bits per heavy atom. The van der Waals surface area contributed by atoms with Crippen molar-refractivity contribution in [2.45, 2.75) is 226 Å². The topological polar surface area (TPSA) is 114 Å². The van der Waals surface area contributed by atoms with E-state index in [2.05, 4.69) is 135 Å². The molecule has 0 radical (unpaired) electrons. The number of rotatable bonds is 50. The van der Waals surface area contributed by atoms with Crippen LogP contribution in [0.5, 0.6) is 0 Å². The molecule has 0 saturated carbocycles. The fraction of sp³-hybridized carbons (Fsp3) is 0.651. The smallest absolute Gasteiger partial charge is 0.306 e. The Kier molecular flexibility index (Phi) is 49.3. The maximum absolute atomic E-state index is 13.5. The van der Waals surface area contributed by atoms with Gasteiger partial charge in [0.2, 0.25) is 5.91 Å². The zero-order valence-corrected chi connectivity index (χ0v) is 48.2. The van der Waals surface area contributed by atoms with Crippen LogP contribution in [0.3, 0.4) is 0 Å². The SMILES string of the molecule is CC/C=C\C/C=C\C/C=C\C/C=C\C/C=C\CCCCCC(=O)OC(/C=C/CCCCCCCCCCC)C(COP(=O)([O-])OCC[N+](C)(C)C)NC(=O)CCC/C=C\C/C=C\C/C=C\C/C=C\CCCCC. The minimum Gasteiger partial charge on any atom is -0.756 e. The molecule has 0 aromatic rings. The quantitative estimate of drug-likeness (QED) is 0.0212. The molecule has 1 N–H and O–H groups in total. The van der Waals surface area contributed by atoms with Gasteiger partial charge in [0.05, 0.1) is 33.8 Å². The zero-order chi connectivity index (χ0) is 53.6. The van der Waals surface area contributed by atoms with Crippen LogP contribution in [-0.4, -0.2) is 69.4 Å². The summed E-state index contributed by atoms with van der Waals surface area (Å²) < 4.78 is 30.1. The van der Waals surface area contributed by atoms with E-state index >= 15 is 0 Å². The summed E-state index contributed by atoms with van der Waals surface area (Å²) in [4.78, 5) is 39.8. The molecule has 0 aromatic heterocycles. The lowest BCUT2D eigenvalue weighted by Crippen LogP contribution is -2.47.